The minimum atomic E-state index is -0.533. The van der Waals surface area contributed by atoms with Crippen LogP contribution in [0.4, 0.5) is 8.78 Å². The Morgan fingerprint density at radius 1 is 1.21 bits per heavy atom. The van der Waals surface area contributed by atoms with Gasteiger partial charge in [0.2, 0.25) is 0 Å². The van der Waals surface area contributed by atoms with E-state index in [4.69, 9.17) is 12.2 Å². The third kappa shape index (κ3) is 2.65. The van der Waals surface area contributed by atoms with Crippen LogP contribution in [0.5, 0.6) is 0 Å². The van der Waals surface area contributed by atoms with E-state index in [-0.39, 0.29) is 15.6 Å². The molecule has 102 valence electrons. The van der Waals surface area contributed by atoms with Gasteiger partial charge in [0, 0.05) is 23.4 Å². The summed E-state index contributed by atoms with van der Waals surface area (Å²) in [5.41, 5.74) is 0.652. The molecule has 0 amide bonds. The molecule has 1 N–H and O–H groups in total. The molecule has 6 heteroatoms. The first-order valence-electron chi connectivity index (χ1n) is 5.67. The highest BCUT2D eigenvalue weighted by molar-refractivity contribution is 9.10. The molecule has 1 aromatic heterocycles. The van der Waals surface area contributed by atoms with Crippen LogP contribution in [0.15, 0.2) is 22.8 Å². The van der Waals surface area contributed by atoms with Crippen LogP contribution in [0.1, 0.15) is 26.5 Å². The van der Waals surface area contributed by atoms with Gasteiger partial charge in [-0.25, -0.2) is 8.78 Å². The van der Waals surface area contributed by atoms with Gasteiger partial charge in [0.1, 0.15) is 11.6 Å². The number of rotatable bonds is 1. The summed E-state index contributed by atoms with van der Waals surface area (Å²) in [6.45, 7) is 5.94. The van der Waals surface area contributed by atoms with E-state index in [9.17, 15) is 8.78 Å². The molecule has 0 radical (unpaired) electrons. The van der Waals surface area contributed by atoms with Crippen LogP contribution in [0.25, 0.3) is 5.69 Å². The van der Waals surface area contributed by atoms with Crippen LogP contribution >= 0.6 is 28.1 Å². The van der Waals surface area contributed by atoms with Gasteiger partial charge in [-0.1, -0.05) is 20.8 Å². The second kappa shape index (κ2) is 4.83. The second-order valence-electron chi connectivity index (χ2n) is 5.28. The van der Waals surface area contributed by atoms with Crippen molar-refractivity contribution in [2.24, 2.45) is 0 Å². The van der Waals surface area contributed by atoms with E-state index >= 15 is 0 Å². The van der Waals surface area contributed by atoms with Gasteiger partial charge in [0.15, 0.2) is 4.77 Å². The quantitative estimate of drug-likeness (QED) is 0.576. The largest absolute Gasteiger partial charge is 0.337 e. The lowest BCUT2D eigenvalue weighted by atomic mass is 9.92. The molecule has 0 saturated heterocycles. The van der Waals surface area contributed by atoms with Crippen molar-refractivity contribution in [2.45, 2.75) is 26.2 Å². The van der Waals surface area contributed by atoms with Crippen molar-refractivity contribution < 1.29 is 8.78 Å². The second-order valence-corrected chi connectivity index (χ2v) is 6.52. The molecule has 0 aliphatic rings. The maximum Gasteiger partial charge on any atom is 0.182 e. The van der Waals surface area contributed by atoms with E-state index in [0.717, 1.165) is 17.8 Å². The monoisotopic (exact) mass is 346 g/mol. The fraction of sp³-hybridized carbons (Fsp3) is 0.308. The van der Waals surface area contributed by atoms with Crippen molar-refractivity contribution in [3.63, 3.8) is 0 Å². The van der Waals surface area contributed by atoms with Crippen molar-refractivity contribution in [1.29, 1.82) is 0 Å². The summed E-state index contributed by atoms with van der Waals surface area (Å²) in [6.07, 6.45) is 1.72. The molecule has 0 aliphatic carbocycles. The fourth-order valence-electron chi connectivity index (χ4n) is 1.84. The van der Waals surface area contributed by atoms with Gasteiger partial charge >= 0.3 is 0 Å². The normalized spacial score (nSPS) is 11.9. The number of H-pyrrole nitrogens is 1. The highest BCUT2D eigenvalue weighted by Gasteiger charge is 2.22. The van der Waals surface area contributed by atoms with E-state index in [1.54, 1.807) is 6.20 Å². The Hall–Kier alpha value is -1.01. The Labute approximate surface area is 123 Å². The van der Waals surface area contributed by atoms with Gasteiger partial charge < -0.3 is 4.98 Å². The lowest BCUT2D eigenvalue weighted by Gasteiger charge is -2.21. The molecule has 19 heavy (non-hydrogen) atoms. The molecule has 0 fully saturated rings. The zero-order chi connectivity index (χ0) is 14.4. The summed E-state index contributed by atoms with van der Waals surface area (Å²) in [4.78, 5) is 2.88. The van der Waals surface area contributed by atoms with Gasteiger partial charge in [-0.2, -0.15) is 0 Å². The van der Waals surface area contributed by atoms with Crippen LogP contribution in [0, 0.1) is 16.4 Å². The maximum absolute atomic E-state index is 14.1. The SMILES string of the molecule is CC(C)(C)c1c[nH]c(=S)n1-c1cc(F)c(Br)cc1F. The Morgan fingerprint density at radius 3 is 2.42 bits per heavy atom. The van der Waals surface area contributed by atoms with Gasteiger partial charge in [0.05, 0.1) is 10.2 Å². The number of hydrogen-bond acceptors (Lipinski definition) is 1. The van der Waals surface area contributed by atoms with Gasteiger partial charge in [0.25, 0.3) is 0 Å². The zero-order valence-corrected chi connectivity index (χ0v) is 13.1. The van der Waals surface area contributed by atoms with Crippen LogP contribution in [0.3, 0.4) is 0 Å². The average molecular weight is 347 g/mol. The van der Waals surface area contributed by atoms with Gasteiger partial charge in [-0.05, 0) is 34.2 Å². The zero-order valence-electron chi connectivity index (χ0n) is 10.7. The van der Waals surface area contributed by atoms with Crippen molar-refractivity contribution >= 4 is 28.1 Å². The van der Waals surface area contributed by atoms with Gasteiger partial charge in [-0.15, -0.1) is 0 Å². The number of nitrogens with zero attached hydrogens (tertiary/aromatic N) is 1. The topological polar surface area (TPSA) is 20.7 Å². The number of imidazole rings is 1. The van der Waals surface area contributed by atoms with Crippen molar-refractivity contribution in [1.82, 2.24) is 9.55 Å². The molecule has 0 aliphatic heterocycles. The molecule has 0 bridgehead atoms. The molecule has 0 spiro atoms. The Kier molecular flexibility index (Phi) is 3.66. The predicted octanol–water partition coefficient (Wildman–Crippen LogP) is 4.87. The first-order valence-corrected chi connectivity index (χ1v) is 6.88. The van der Waals surface area contributed by atoms with Crippen molar-refractivity contribution in [3.05, 3.63) is 44.9 Å². The smallest absolute Gasteiger partial charge is 0.182 e. The van der Waals surface area contributed by atoms with Gasteiger partial charge in [-0.3, -0.25) is 4.57 Å². The highest BCUT2D eigenvalue weighted by Crippen LogP contribution is 2.29. The van der Waals surface area contributed by atoms with Crippen molar-refractivity contribution in [3.8, 4) is 5.69 Å². The van der Waals surface area contributed by atoms with Crippen LogP contribution in [-0.2, 0) is 5.41 Å². The number of nitrogens with one attached hydrogen (secondary N) is 1. The summed E-state index contributed by atoms with van der Waals surface area (Å²) in [6, 6.07) is 2.24. The minimum absolute atomic E-state index is 0.0908. The Morgan fingerprint density at radius 2 is 1.84 bits per heavy atom. The lowest BCUT2D eigenvalue weighted by molar-refractivity contribution is 0.542. The Balaban J connectivity index is 2.76. The summed E-state index contributed by atoms with van der Waals surface area (Å²) in [5, 5.41) is 0. The number of halogens is 3. The van der Waals surface area contributed by atoms with Crippen LogP contribution < -0.4 is 0 Å². The number of aromatic amines is 1. The van der Waals surface area contributed by atoms with E-state index in [1.807, 2.05) is 20.8 Å². The minimum Gasteiger partial charge on any atom is -0.337 e. The third-order valence-electron chi connectivity index (χ3n) is 2.78. The first-order chi connectivity index (χ1) is 8.71. The molecule has 1 heterocycles. The third-order valence-corrected chi connectivity index (χ3v) is 3.68. The molecule has 0 atom stereocenters. The molecule has 2 aromatic rings. The van der Waals surface area contributed by atoms with E-state index < -0.39 is 11.6 Å². The Bertz CT molecular complexity index is 683. The summed E-state index contributed by atoms with van der Waals surface area (Å²) in [7, 11) is 0. The number of hydrogen-bond donors (Lipinski definition) is 1. The van der Waals surface area contributed by atoms with E-state index in [2.05, 4.69) is 20.9 Å². The summed E-state index contributed by atoms with van der Waals surface area (Å²) in [5.74, 6) is -1.06. The van der Waals surface area contributed by atoms with E-state index in [0.29, 0.717) is 4.77 Å². The summed E-state index contributed by atoms with van der Waals surface area (Å²) >= 11 is 8.13. The molecule has 0 unspecified atom stereocenters. The lowest BCUT2D eigenvalue weighted by Crippen LogP contribution is -2.17. The molecular weight excluding hydrogens is 334 g/mol. The predicted molar refractivity (Wildman–Crippen MR) is 77.3 cm³/mol. The molecule has 0 saturated carbocycles. The van der Waals surface area contributed by atoms with Crippen molar-refractivity contribution in [2.75, 3.05) is 0 Å². The standard InChI is InChI=1S/C13H13BrF2N2S/c1-13(2,3)11-6-17-12(19)18(11)10-5-8(15)7(14)4-9(10)16/h4-6H,1-3H3,(H,17,19). The fourth-order valence-corrected chi connectivity index (χ4v) is 2.41. The molecular formula is C13H13BrF2N2S. The number of benzene rings is 1. The summed E-state index contributed by atoms with van der Waals surface area (Å²) < 4.78 is 29.7. The molecule has 2 nitrogen and oxygen atoms in total. The highest BCUT2D eigenvalue weighted by atomic mass is 79.9. The molecule has 2 rings (SSSR count). The van der Waals surface area contributed by atoms with Crippen LogP contribution in [0.2, 0.25) is 0 Å². The number of aromatic nitrogens is 2. The maximum atomic E-state index is 14.1. The average Bonchev–Trinajstić information content (AvgIpc) is 2.65. The van der Waals surface area contributed by atoms with E-state index in [1.165, 1.54) is 4.57 Å². The van der Waals surface area contributed by atoms with Crippen LogP contribution in [-0.4, -0.2) is 9.55 Å². The first kappa shape index (κ1) is 14.4. The molecule has 1 aromatic carbocycles.